The van der Waals surface area contributed by atoms with Crippen LogP contribution in [0.1, 0.15) is 24.7 Å². The number of aromatic nitrogens is 2. The molecule has 0 spiro atoms. The molecule has 5 heteroatoms. The van der Waals surface area contributed by atoms with Crippen LogP contribution < -0.4 is 5.32 Å². The molecule has 0 saturated heterocycles. The molecule has 1 aromatic carbocycles. The molecule has 20 heavy (non-hydrogen) atoms. The number of anilines is 1. The van der Waals surface area contributed by atoms with Gasteiger partial charge >= 0.3 is 0 Å². The third-order valence-corrected chi connectivity index (χ3v) is 4.24. The topological polar surface area (TPSA) is 37.8 Å². The zero-order chi connectivity index (χ0) is 14.5. The Morgan fingerprint density at radius 1 is 1.20 bits per heavy atom. The van der Waals surface area contributed by atoms with E-state index in [1.807, 2.05) is 38.2 Å². The fraction of sp³-hybridized carbons (Fsp3) is 0.333. The molecule has 0 amide bonds. The monoisotopic (exact) mass is 307 g/mol. The highest BCUT2D eigenvalue weighted by Crippen LogP contribution is 2.32. The molecule has 1 aromatic heterocycles. The minimum Gasteiger partial charge on any atom is -0.373 e. The van der Waals surface area contributed by atoms with Gasteiger partial charge in [-0.3, -0.25) is 0 Å². The van der Waals surface area contributed by atoms with Gasteiger partial charge in [0.2, 0.25) is 0 Å². The molecule has 0 unspecified atom stereocenters. The highest BCUT2D eigenvalue weighted by molar-refractivity contribution is 7.99. The predicted molar refractivity (Wildman–Crippen MR) is 85.9 cm³/mol. The van der Waals surface area contributed by atoms with Crippen molar-refractivity contribution in [3.05, 3.63) is 40.7 Å². The van der Waals surface area contributed by atoms with Crippen molar-refractivity contribution < 1.29 is 0 Å². The Morgan fingerprint density at radius 2 is 1.90 bits per heavy atom. The molecule has 1 heterocycles. The number of halogens is 1. The van der Waals surface area contributed by atoms with E-state index in [0.717, 1.165) is 45.0 Å². The van der Waals surface area contributed by atoms with Gasteiger partial charge in [-0.25, -0.2) is 9.97 Å². The normalized spacial score (nSPS) is 10.6. The molecule has 0 aliphatic rings. The van der Waals surface area contributed by atoms with Crippen LogP contribution in [0.2, 0.25) is 5.02 Å². The van der Waals surface area contributed by atoms with E-state index in [1.165, 1.54) is 0 Å². The average molecular weight is 308 g/mol. The van der Waals surface area contributed by atoms with Gasteiger partial charge in [0.1, 0.15) is 16.7 Å². The summed E-state index contributed by atoms with van der Waals surface area (Å²) in [6.45, 7) is 4.17. The van der Waals surface area contributed by atoms with Crippen molar-refractivity contribution in [2.24, 2.45) is 0 Å². The Hall–Kier alpha value is -1.26. The third-order valence-electron chi connectivity index (χ3n) is 2.89. The molecule has 0 bridgehead atoms. The molecule has 1 N–H and O–H groups in total. The minimum atomic E-state index is 0.747. The van der Waals surface area contributed by atoms with Crippen LogP contribution in [-0.4, -0.2) is 17.0 Å². The number of benzene rings is 1. The number of hydrogen-bond donors (Lipinski definition) is 1. The maximum atomic E-state index is 5.92. The van der Waals surface area contributed by atoms with Crippen molar-refractivity contribution >= 4 is 29.2 Å². The fourth-order valence-corrected chi connectivity index (χ4v) is 2.85. The summed E-state index contributed by atoms with van der Waals surface area (Å²) in [7, 11) is 1.89. The van der Waals surface area contributed by atoms with Gasteiger partial charge in [-0.1, -0.05) is 30.3 Å². The van der Waals surface area contributed by atoms with Gasteiger partial charge in [0, 0.05) is 29.0 Å². The maximum absolute atomic E-state index is 5.92. The standard InChI is InChI=1S/C15H18ClN3S/c1-4-5-13-18-14(17-3)10(2)15(19-13)20-12-8-6-11(16)7-9-12/h6-9H,4-5H2,1-3H3,(H,17,18,19). The molecule has 0 aliphatic carbocycles. The highest BCUT2D eigenvalue weighted by atomic mass is 35.5. The van der Waals surface area contributed by atoms with Gasteiger partial charge in [-0.2, -0.15) is 0 Å². The first-order chi connectivity index (χ1) is 9.63. The number of hydrogen-bond acceptors (Lipinski definition) is 4. The van der Waals surface area contributed by atoms with Crippen LogP contribution in [0.5, 0.6) is 0 Å². The van der Waals surface area contributed by atoms with Crippen molar-refractivity contribution in [1.29, 1.82) is 0 Å². The van der Waals surface area contributed by atoms with Crippen LogP contribution in [0.3, 0.4) is 0 Å². The summed E-state index contributed by atoms with van der Waals surface area (Å²) in [6, 6.07) is 7.80. The van der Waals surface area contributed by atoms with Gasteiger partial charge < -0.3 is 5.32 Å². The molecule has 0 atom stereocenters. The molecule has 0 fully saturated rings. The molecule has 0 saturated carbocycles. The van der Waals surface area contributed by atoms with Crippen LogP contribution in [0.25, 0.3) is 0 Å². The summed E-state index contributed by atoms with van der Waals surface area (Å²) in [5.41, 5.74) is 1.08. The molecule has 2 rings (SSSR count). The lowest BCUT2D eigenvalue weighted by molar-refractivity contribution is 0.804. The number of aryl methyl sites for hydroxylation is 1. The minimum absolute atomic E-state index is 0.747. The van der Waals surface area contributed by atoms with E-state index in [4.69, 9.17) is 11.6 Å². The van der Waals surface area contributed by atoms with Crippen molar-refractivity contribution in [1.82, 2.24) is 9.97 Å². The maximum Gasteiger partial charge on any atom is 0.133 e. The van der Waals surface area contributed by atoms with E-state index < -0.39 is 0 Å². The van der Waals surface area contributed by atoms with Crippen LogP contribution in [0.15, 0.2) is 34.2 Å². The van der Waals surface area contributed by atoms with E-state index in [2.05, 4.69) is 22.2 Å². The number of rotatable bonds is 5. The van der Waals surface area contributed by atoms with E-state index in [-0.39, 0.29) is 0 Å². The summed E-state index contributed by atoms with van der Waals surface area (Å²) in [4.78, 5) is 10.3. The zero-order valence-electron chi connectivity index (χ0n) is 11.9. The Balaban J connectivity index is 2.33. The van der Waals surface area contributed by atoms with Gasteiger partial charge in [0.25, 0.3) is 0 Å². The number of nitrogens with one attached hydrogen (secondary N) is 1. The van der Waals surface area contributed by atoms with Gasteiger partial charge in [0.15, 0.2) is 0 Å². The van der Waals surface area contributed by atoms with E-state index >= 15 is 0 Å². The lowest BCUT2D eigenvalue weighted by Crippen LogP contribution is -2.04. The Morgan fingerprint density at radius 3 is 2.50 bits per heavy atom. The molecule has 106 valence electrons. The summed E-state index contributed by atoms with van der Waals surface area (Å²) >= 11 is 7.56. The third kappa shape index (κ3) is 3.64. The second kappa shape index (κ2) is 6.95. The SMILES string of the molecule is CCCc1nc(NC)c(C)c(Sc2ccc(Cl)cc2)n1. The number of nitrogens with zero attached hydrogens (tertiary/aromatic N) is 2. The van der Waals surface area contributed by atoms with Gasteiger partial charge in [0.05, 0.1) is 0 Å². The Labute approximate surface area is 129 Å². The second-order valence-corrected chi connectivity index (χ2v) is 5.97. The molecule has 2 aromatic rings. The van der Waals surface area contributed by atoms with Crippen molar-refractivity contribution in [3.63, 3.8) is 0 Å². The quantitative estimate of drug-likeness (QED) is 0.820. The fourth-order valence-electron chi connectivity index (χ4n) is 1.83. The molecule has 0 radical (unpaired) electrons. The van der Waals surface area contributed by atoms with Crippen LogP contribution >= 0.6 is 23.4 Å². The average Bonchev–Trinajstić information content (AvgIpc) is 2.45. The Bertz CT molecular complexity index is 584. The van der Waals surface area contributed by atoms with Crippen LogP contribution in [0.4, 0.5) is 5.82 Å². The van der Waals surface area contributed by atoms with Gasteiger partial charge in [-0.05, 0) is 37.6 Å². The van der Waals surface area contributed by atoms with Crippen molar-refractivity contribution in [2.75, 3.05) is 12.4 Å². The zero-order valence-corrected chi connectivity index (χ0v) is 13.5. The van der Waals surface area contributed by atoms with Crippen molar-refractivity contribution in [2.45, 2.75) is 36.6 Å². The molecule has 0 aliphatic heterocycles. The largest absolute Gasteiger partial charge is 0.373 e. The smallest absolute Gasteiger partial charge is 0.133 e. The molecular weight excluding hydrogens is 290 g/mol. The lowest BCUT2D eigenvalue weighted by Gasteiger charge is -2.11. The van der Waals surface area contributed by atoms with Crippen LogP contribution in [0, 0.1) is 6.92 Å². The highest BCUT2D eigenvalue weighted by Gasteiger charge is 2.11. The van der Waals surface area contributed by atoms with Gasteiger partial charge in [-0.15, -0.1) is 0 Å². The molecular formula is C15H18ClN3S. The first kappa shape index (κ1) is 15.1. The van der Waals surface area contributed by atoms with Crippen molar-refractivity contribution in [3.8, 4) is 0 Å². The van der Waals surface area contributed by atoms with Crippen LogP contribution in [-0.2, 0) is 6.42 Å². The summed E-state index contributed by atoms with van der Waals surface area (Å²) < 4.78 is 0. The summed E-state index contributed by atoms with van der Waals surface area (Å²) in [6.07, 6.45) is 1.93. The lowest BCUT2D eigenvalue weighted by atomic mass is 10.3. The summed E-state index contributed by atoms with van der Waals surface area (Å²) in [5.74, 6) is 1.79. The predicted octanol–water partition coefficient (Wildman–Crippen LogP) is 4.58. The second-order valence-electron chi connectivity index (χ2n) is 4.47. The van der Waals surface area contributed by atoms with E-state index in [1.54, 1.807) is 11.8 Å². The summed E-state index contributed by atoms with van der Waals surface area (Å²) in [5, 5.41) is 4.89. The molecule has 3 nitrogen and oxygen atoms in total. The first-order valence-corrected chi connectivity index (χ1v) is 7.82. The first-order valence-electron chi connectivity index (χ1n) is 6.62. The van der Waals surface area contributed by atoms with E-state index in [9.17, 15) is 0 Å². The van der Waals surface area contributed by atoms with E-state index in [0.29, 0.717) is 0 Å². The Kier molecular flexibility index (Phi) is 5.26.